The maximum Gasteiger partial charge on any atom is 0.303 e. The van der Waals surface area contributed by atoms with E-state index >= 15 is 0 Å². The van der Waals surface area contributed by atoms with E-state index < -0.39 is 5.97 Å². The summed E-state index contributed by atoms with van der Waals surface area (Å²) in [5.41, 5.74) is 0. The molecule has 0 spiro atoms. The van der Waals surface area contributed by atoms with Crippen LogP contribution < -0.4 is 5.32 Å². The van der Waals surface area contributed by atoms with Crippen LogP contribution in [0.1, 0.15) is 83.5 Å². The summed E-state index contributed by atoms with van der Waals surface area (Å²) < 4.78 is 6.10. The summed E-state index contributed by atoms with van der Waals surface area (Å²) in [5, 5.41) is 11.8. The van der Waals surface area contributed by atoms with Crippen molar-refractivity contribution in [2.75, 3.05) is 6.54 Å². The minimum atomic E-state index is -0.749. The second-order valence-corrected chi connectivity index (χ2v) is 9.22. The van der Waals surface area contributed by atoms with E-state index in [1.165, 1.54) is 6.42 Å². The van der Waals surface area contributed by atoms with Crippen molar-refractivity contribution in [2.24, 2.45) is 17.8 Å². The van der Waals surface area contributed by atoms with Crippen LogP contribution in [0.15, 0.2) is 12.2 Å². The lowest BCUT2D eigenvalue weighted by molar-refractivity contribution is -0.137. The van der Waals surface area contributed by atoms with Gasteiger partial charge in [-0.1, -0.05) is 31.4 Å². The van der Waals surface area contributed by atoms with Crippen LogP contribution in [0.25, 0.3) is 0 Å². The van der Waals surface area contributed by atoms with Gasteiger partial charge in [-0.25, -0.2) is 0 Å². The fourth-order valence-corrected chi connectivity index (χ4v) is 5.41. The average molecular weight is 420 g/mol. The summed E-state index contributed by atoms with van der Waals surface area (Å²) in [6, 6.07) is 0. The first-order valence-corrected chi connectivity index (χ1v) is 11.9. The molecule has 2 heterocycles. The number of ether oxygens (including phenoxy) is 1. The highest BCUT2D eigenvalue weighted by Crippen LogP contribution is 2.44. The van der Waals surface area contributed by atoms with Crippen LogP contribution in [0, 0.1) is 17.8 Å². The lowest BCUT2D eigenvalue weighted by Gasteiger charge is -2.27. The van der Waals surface area contributed by atoms with Crippen molar-refractivity contribution in [3.05, 3.63) is 12.2 Å². The molecule has 168 valence electrons. The number of carboxylic acids is 1. The van der Waals surface area contributed by atoms with E-state index in [0.717, 1.165) is 51.4 Å². The first kappa shape index (κ1) is 23.0. The van der Waals surface area contributed by atoms with E-state index in [-0.39, 0.29) is 36.2 Å². The van der Waals surface area contributed by atoms with Crippen molar-refractivity contribution in [3.63, 3.8) is 0 Å². The maximum absolute atomic E-state index is 12.3. The number of hydrogen-bond donors (Lipinski definition) is 2. The third-order valence-corrected chi connectivity index (χ3v) is 7.12. The second kappa shape index (κ2) is 11.6. The lowest BCUT2D eigenvalue weighted by Crippen LogP contribution is -2.38. The standard InChI is InChI=1S/C24H37NO5/c26-20(17-8-4-3-5-9-17)12-15-23(27)25-16-19-18(21-13-14-22(19)30-21)10-6-1-2-7-11-24(28)29/h1,6,17-19,21-22H,2-5,7-16H2,(H,25,27)(H,28,29)/t18-,19+,21-,22+/m1/s1. The van der Waals surface area contributed by atoms with Gasteiger partial charge in [0.25, 0.3) is 0 Å². The van der Waals surface area contributed by atoms with Crippen LogP contribution in [0.4, 0.5) is 0 Å². The van der Waals surface area contributed by atoms with Crippen molar-refractivity contribution in [1.29, 1.82) is 0 Å². The van der Waals surface area contributed by atoms with Crippen molar-refractivity contribution in [1.82, 2.24) is 5.32 Å². The molecule has 3 rings (SSSR count). The number of carbonyl (C=O) groups excluding carboxylic acids is 2. The smallest absolute Gasteiger partial charge is 0.303 e. The van der Waals surface area contributed by atoms with Crippen molar-refractivity contribution >= 4 is 17.7 Å². The fraction of sp³-hybridized carbons (Fsp3) is 0.792. The number of hydrogen-bond acceptors (Lipinski definition) is 4. The Labute approximate surface area is 179 Å². The molecule has 0 aromatic carbocycles. The van der Waals surface area contributed by atoms with Gasteiger partial charge >= 0.3 is 5.97 Å². The van der Waals surface area contributed by atoms with Gasteiger partial charge in [-0.15, -0.1) is 0 Å². The van der Waals surface area contributed by atoms with E-state index in [1.807, 2.05) is 0 Å². The van der Waals surface area contributed by atoms with Crippen LogP contribution in [0.5, 0.6) is 0 Å². The van der Waals surface area contributed by atoms with Gasteiger partial charge in [-0.05, 0) is 50.9 Å². The number of allylic oxidation sites excluding steroid dienone is 2. The molecule has 4 atom stereocenters. The summed E-state index contributed by atoms with van der Waals surface area (Å²) >= 11 is 0. The van der Waals surface area contributed by atoms with E-state index in [1.54, 1.807) is 0 Å². The summed E-state index contributed by atoms with van der Waals surface area (Å²) in [6.07, 6.45) is 15.6. The summed E-state index contributed by atoms with van der Waals surface area (Å²) in [4.78, 5) is 35.2. The van der Waals surface area contributed by atoms with E-state index in [0.29, 0.717) is 37.6 Å². The van der Waals surface area contributed by atoms with Gasteiger partial charge in [0, 0.05) is 37.6 Å². The number of fused-ring (bicyclic) bond motifs is 2. The Morgan fingerprint density at radius 1 is 0.900 bits per heavy atom. The largest absolute Gasteiger partial charge is 0.481 e. The minimum Gasteiger partial charge on any atom is -0.481 e. The molecule has 2 N–H and O–H groups in total. The third-order valence-electron chi connectivity index (χ3n) is 7.12. The zero-order valence-electron chi connectivity index (χ0n) is 18.0. The lowest BCUT2D eigenvalue weighted by atomic mass is 9.77. The maximum atomic E-state index is 12.3. The molecule has 1 amide bonds. The van der Waals surface area contributed by atoms with E-state index in [2.05, 4.69) is 17.5 Å². The third kappa shape index (κ3) is 6.66. The number of unbranched alkanes of at least 4 members (excludes halogenated alkanes) is 1. The average Bonchev–Trinajstić information content (AvgIpc) is 3.35. The Morgan fingerprint density at radius 3 is 2.37 bits per heavy atom. The number of rotatable bonds is 12. The molecular weight excluding hydrogens is 382 g/mol. The number of carboxylic acid groups (broad SMARTS) is 1. The predicted molar refractivity (Wildman–Crippen MR) is 114 cm³/mol. The molecule has 2 aliphatic heterocycles. The highest BCUT2D eigenvalue weighted by atomic mass is 16.5. The van der Waals surface area contributed by atoms with Gasteiger partial charge in [-0.2, -0.15) is 0 Å². The Bertz CT molecular complexity index is 625. The van der Waals surface area contributed by atoms with Gasteiger partial charge in [0.05, 0.1) is 12.2 Å². The second-order valence-electron chi connectivity index (χ2n) is 9.22. The number of ketones is 1. The summed E-state index contributed by atoms with van der Waals surface area (Å²) in [5.74, 6) is 0.399. The molecule has 30 heavy (non-hydrogen) atoms. The Kier molecular flexibility index (Phi) is 8.91. The molecule has 6 heteroatoms. The normalized spacial score (nSPS) is 28.8. The number of carbonyl (C=O) groups is 3. The molecule has 0 unspecified atom stereocenters. The number of Topliss-reactive ketones (excluding diaryl/α,β-unsaturated/α-hetero) is 1. The first-order chi connectivity index (χ1) is 14.5. The number of aliphatic carboxylic acids is 1. The van der Waals surface area contributed by atoms with Crippen molar-refractivity contribution in [3.8, 4) is 0 Å². The molecular formula is C24H37NO5. The van der Waals surface area contributed by atoms with Gasteiger partial charge in [-0.3, -0.25) is 14.4 Å². The molecule has 6 nitrogen and oxygen atoms in total. The first-order valence-electron chi connectivity index (χ1n) is 11.9. The van der Waals surface area contributed by atoms with Gasteiger partial charge in [0.1, 0.15) is 5.78 Å². The highest BCUT2D eigenvalue weighted by molar-refractivity contribution is 5.86. The molecule has 2 saturated heterocycles. The molecule has 1 aliphatic carbocycles. The van der Waals surface area contributed by atoms with Crippen LogP contribution in [-0.4, -0.2) is 41.5 Å². The molecule has 1 saturated carbocycles. The topological polar surface area (TPSA) is 92.7 Å². The predicted octanol–water partition coefficient (Wildman–Crippen LogP) is 4.03. The van der Waals surface area contributed by atoms with Crippen LogP contribution in [-0.2, 0) is 19.1 Å². The van der Waals surface area contributed by atoms with E-state index in [9.17, 15) is 14.4 Å². The summed E-state index contributed by atoms with van der Waals surface area (Å²) in [6.45, 7) is 0.620. The number of amides is 1. The van der Waals surface area contributed by atoms with Crippen LogP contribution >= 0.6 is 0 Å². The van der Waals surface area contributed by atoms with E-state index in [4.69, 9.17) is 9.84 Å². The highest BCUT2D eigenvalue weighted by Gasteiger charge is 2.47. The molecule has 2 bridgehead atoms. The molecule has 0 aromatic heterocycles. The fourth-order valence-electron chi connectivity index (χ4n) is 5.41. The van der Waals surface area contributed by atoms with Crippen molar-refractivity contribution in [2.45, 2.75) is 95.7 Å². The quantitative estimate of drug-likeness (QED) is 0.368. The van der Waals surface area contributed by atoms with Gasteiger partial charge in [0.2, 0.25) is 5.91 Å². The number of nitrogens with one attached hydrogen (secondary N) is 1. The molecule has 0 radical (unpaired) electrons. The molecule has 3 aliphatic rings. The minimum absolute atomic E-state index is 0.0232. The van der Waals surface area contributed by atoms with Crippen LogP contribution in [0.2, 0.25) is 0 Å². The van der Waals surface area contributed by atoms with Crippen LogP contribution in [0.3, 0.4) is 0 Å². The van der Waals surface area contributed by atoms with Gasteiger partial charge in [0.15, 0.2) is 0 Å². The Morgan fingerprint density at radius 2 is 1.63 bits per heavy atom. The Balaban J connectivity index is 1.37. The van der Waals surface area contributed by atoms with Gasteiger partial charge < -0.3 is 15.2 Å². The van der Waals surface area contributed by atoms with Crippen molar-refractivity contribution < 1.29 is 24.2 Å². The molecule has 3 fully saturated rings. The SMILES string of the molecule is O=C(O)CCCC=CC[C@@H]1[C@H](CNC(=O)CCC(=O)C2CCCCC2)[C@@H]2CC[C@H]1O2. The Hall–Kier alpha value is -1.69. The monoisotopic (exact) mass is 419 g/mol. The summed E-state index contributed by atoms with van der Waals surface area (Å²) in [7, 11) is 0. The zero-order chi connectivity index (χ0) is 21.3. The molecule has 0 aromatic rings. The zero-order valence-corrected chi connectivity index (χ0v) is 18.0.